The maximum Gasteiger partial charge on any atom is 0.328 e. The van der Waals surface area contributed by atoms with Gasteiger partial charge in [-0.1, -0.05) is 66.7 Å². The molecule has 4 rings (SSSR count). The fourth-order valence-electron chi connectivity index (χ4n) is 5.03. The average molecular weight is 663 g/mol. The summed E-state index contributed by atoms with van der Waals surface area (Å²) in [4.78, 5) is 37.5. The lowest BCUT2D eigenvalue weighted by Gasteiger charge is -2.28. The first-order valence-electron chi connectivity index (χ1n) is 14.2. The third-order valence-corrected chi connectivity index (χ3v) is 11.4. The number of benzene rings is 4. The van der Waals surface area contributed by atoms with Gasteiger partial charge in [-0.15, -0.1) is 0 Å². The molecule has 224 valence electrons. The summed E-state index contributed by atoms with van der Waals surface area (Å²) in [7, 11) is -2.09. The molecule has 0 spiro atoms. The first-order valence-corrected chi connectivity index (χ1v) is 16.2. The summed E-state index contributed by atoms with van der Waals surface area (Å²) < 4.78 is 10.1. The van der Waals surface area contributed by atoms with Gasteiger partial charge in [0.2, 0.25) is 0 Å². The summed E-state index contributed by atoms with van der Waals surface area (Å²) in [5, 5.41) is 6.59. The minimum Gasteiger partial charge on any atom is -1.00 e. The van der Waals surface area contributed by atoms with Gasteiger partial charge >= 0.3 is 11.9 Å². The highest BCUT2D eigenvalue weighted by atomic mass is 79.9. The molecular formula is C35H37BrNO5P. The molecule has 43 heavy (non-hydrogen) atoms. The number of ether oxygens (including phenoxy) is 2. The van der Waals surface area contributed by atoms with Gasteiger partial charge in [0.1, 0.15) is 29.2 Å². The lowest BCUT2D eigenvalue weighted by Crippen LogP contribution is -3.00. The van der Waals surface area contributed by atoms with Crippen LogP contribution < -0.4 is 38.2 Å². The van der Waals surface area contributed by atoms with E-state index in [0.717, 1.165) is 11.7 Å². The maximum atomic E-state index is 13.2. The van der Waals surface area contributed by atoms with Gasteiger partial charge in [-0.25, -0.2) is 4.79 Å². The molecule has 0 aliphatic rings. The van der Waals surface area contributed by atoms with Crippen LogP contribution in [-0.4, -0.2) is 37.1 Å². The predicted octanol–water partition coefficient (Wildman–Crippen LogP) is 2.19. The molecule has 0 radical (unpaired) electrons. The van der Waals surface area contributed by atoms with E-state index in [1.54, 1.807) is 26.0 Å². The zero-order chi connectivity index (χ0) is 29.8. The van der Waals surface area contributed by atoms with Crippen LogP contribution in [0.2, 0.25) is 0 Å². The fourth-order valence-corrected chi connectivity index (χ4v) is 9.28. The zero-order valence-corrected chi connectivity index (χ0v) is 26.9. The second-order valence-corrected chi connectivity index (χ2v) is 13.3. The molecule has 0 aromatic heterocycles. The van der Waals surface area contributed by atoms with E-state index in [1.165, 1.54) is 15.9 Å². The second-order valence-electron chi connectivity index (χ2n) is 9.79. The van der Waals surface area contributed by atoms with Crippen molar-refractivity contribution in [3.8, 4) is 0 Å². The Kier molecular flexibility index (Phi) is 13.1. The number of carbonyl (C=O) groups is 3. The third kappa shape index (κ3) is 8.62. The van der Waals surface area contributed by atoms with Gasteiger partial charge in [0.25, 0.3) is 5.91 Å². The highest BCUT2D eigenvalue weighted by Gasteiger charge is 2.45. The number of hydrogen-bond donors (Lipinski definition) is 1. The van der Waals surface area contributed by atoms with Gasteiger partial charge in [-0.05, 0) is 74.4 Å². The molecule has 1 atom stereocenters. The van der Waals surface area contributed by atoms with Crippen molar-refractivity contribution in [1.29, 1.82) is 0 Å². The highest BCUT2D eigenvalue weighted by molar-refractivity contribution is 7.95. The van der Waals surface area contributed by atoms with Crippen molar-refractivity contribution in [3.05, 3.63) is 126 Å². The Morgan fingerprint density at radius 3 is 1.58 bits per heavy atom. The smallest absolute Gasteiger partial charge is 0.328 e. The van der Waals surface area contributed by atoms with Crippen LogP contribution in [0.1, 0.15) is 42.6 Å². The van der Waals surface area contributed by atoms with Crippen molar-refractivity contribution < 1.29 is 40.8 Å². The average Bonchev–Trinajstić information content (AvgIpc) is 3.03. The third-order valence-electron chi connectivity index (χ3n) is 7.05. The van der Waals surface area contributed by atoms with E-state index in [1.807, 2.05) is 30.3 Å². The van der Waals surface area contributed by atoms with Crippen LogP contribution in [0.15, 0.2) is 115 Å². The molecule has 4 aromatic carbocycles. The van der Waals surface area contributed by atoms with Crippen LogP contribution in [0.4, 0.5) is 0 Å². The quantitative estimate of drug-likeness (QED) is 0.176. The van der Waals surface area contributed by atoms with Crippen LogP contribution in [0.3, 0.4) is 0 Å². The van der Waals surface area contributed by atoms with E-state index in [2.05, 4.69) is 78.1 Å². The first kappa shape index (κ1) is 33.7. The summed E-state index contributed by atoms with van der Waals surface area (Å²) in [6.45, 7) is 3.85. The largest absolute Gasteiger partial charge is 1.00 e. The minimum absolute atomic E-state index is 0. The molecule has 0 aliphatic heterocycles. The van der Waals surface area contributed by atoms with Crippen molar-refractivity contribution in [1.82, 2.24) is 5.32 Å². The number of hydrogen-bond acceptors (Lipinski definition) is 5. The van der Waals surface area contributed by atoms with Gasteiger partial charge < -0.3 is 31.8 Å². The first-order chi connectivity index (χ1) is 20.5. The zero-order valence-electron chi connectivity index (χ0n) is 24.4. The lowest BCUT2D eigenvalue weighted by atomic mass is 10.1. The van der Waals surface area contributed by atoms with E-state index >= 15 is 0 Å². The van der Waals surface area contributed by atoms with Crippen LogP contribution in [0.25, 0.3) is 0 Å². The van der Waals surface area contributed by atoms with Crippen LogP contribution >= 0.6 is 7.26 Å². The minimum atomic E-state index is -2.09. The van der Waals surface area contributed by atoms with E-state index in [4.69, 9.17) is 9.47 Å². The number of rotatable bonds is 13. The summed E-state index contributed by atoms with van der Waals surface area (Å²) in [5.74, 6) is -1.40. The Balaban J connectivity index is 0.00000506. The molecule has 8 heteroatoms. The molecule has 1 amide bonds. The van der Waals surface area contributed by atoms with Gasteiger partial charge in [-0.2, -0.15) is 0 Å². The Morgan fingerprint density at radius 2 is 1.14 bits per heavy atom. The van der Waals surface area contributed by atoms with Crippen molar-refractivity contribution >= 4 is 41.0 Å². The predicted molar refractivity (Wildman–Crippen MR) is 169 cm³/mol. The monoisotopic (exact) mass is 661 g/mol. The molecule has 6 nitrogen and oxygen atoms in total. The topological polar surface area (TPSA) is 81.7 Å². The molecule has 4 aromatic rings. The number of esters is 2. The SMILES string of the molecule is CCOC(=O)CCC(NC(=O)c1ccc(C[P+](c2ccccc2)(c2ccccc2)c2ccccc2)cc1)C(=O)OCC.[Br-]. The second kappa shape index (κ2) is 16.7. The van der Waals surface area contributed by atoms with Crippen molar-refractivity contribution in [2.24, 2.45) is 0 Å². The number of amides is 1. The Bertz CT molecular complexity index is 1350. The number of halogens is 1. The van der Waals surface area contributed by atoms with Crippen molar-refractivity contribution in [2.75, 3.05) is 13.2 Å². The molecular weight excluding hydrogens is 625 g/mol. The molecule has 0 saturated carbocycles. The number of nitrogens with one attached hydrogen (secondary N) is 1. The molecule has 1 N–H and O–H groups in total. The van der Waals surface area contributed by atoms with Crippen LogP contribution in [0, 0.1) is 0 Å². The van der Waals surface area contributed by atoms with Gasteiger partial charge in [0.05, 0.1) is 19.4 Å². The van der Waals surface area contributed by atoms with E-state index < -0.39 is 31.2 Å². The van der Waals surface area contributed by atoms with Gasteiger partial charge in [0, 0.05) is 12.0 Å². The summed E-state index contributed by atoms with van der Waals surface area (Å²) >= 11 is 0. The standard InChI is InChI=1S/C35H36NO5P.BrH/c1-3-40-33(37)25-24-32(35(39)41-4-2)36-34(38)28-22-20-27(21-23-28)26-42(29-14-8-5-9-15-29,30-16-10-6-11-17-30)31-18-12-7-13-19-31;/h5-23,32H,3-4,24-26H2,1-2H3;1H. The molecule has 0 saturated heterocycles. The fraction of sp³-hybridized carbons (Fsp3) is 0.229. The van der Waals surface area contributed by atoms with Crippen molar-refractivity contribution in [3.63, 3.8) is 0 Å². The lowest BCUT2D eigenvalue weighted by molar-refractivity contribution is -0.146. The molecule has 0 heterocycles. The number of carbonyl (C=O) groups excluding carboxylic acids is 3. The molecule has 1 unspecified atom stereocenters. The van der Waals surface area contributed by atoms with E-state index in [-0.39, 0.29) is 43.0 Å². The Morgan fingerprint density at radius 1 is 0.674 bits per heavy atom. The van der Waals surface area contributed by atoms with Crippen LogP contribution in [-0.2, 0) is 25.2 Å². The summed E-state index contributed by atoms with van der Waals surface area (Å²) in [5.41, 5.74) is 1.52. The summed E-state index contributed by atoms with van der Waals surface area (Å²) in [6, 6.07) is 38.5. The van der Waals surface area contributed by atoms with Crippen LogP contribution in [0.5, 0.6) is 0 Å². The Labute approximate surface area is 264 Å². The van der Waals surface area contributed by atoms with Gasteiger partial charge in [-0.3, -0.25) is 9.59 Å². The molecule has 0 bridgehead atoms. The normalized spacial score (nSPS) is 11.5. The van der Waals surface area contributed by atoms with E-state index in [9.17, 15) is 14.4 Å². The summed E-state index contributed by atoms with van der Waals surface area (Å²) in [6.07, 6.45) is 0.873. The van der Waals surface area contributed by atoms with E-state index in [0.29, 0.717) is 5.56 Å². The van der Waals surface area contributed by atoms with Gasteiger partial charge in [0.15, 0.2) is 0 Å². The molecule has 0 aliphatic carbocycles. The van der Waals surface area contributed by atoms with Crippen molar-refractivity contribution in [2.45, 2.75) is 38.9 Å². The maximum absolute atomic E-state index is 13.2. The molecule has 0 fully saturated rings. The Hall–Kier alpha value is -3.80. The highest BCUT2D eigenvalue weighted by Crippen LogP contribution is 2.58.